The zero-order chi connectivity index (χ0) is 21.0. The van der Waals surface area contributed by atoms with Crippen molar-refractivity contribution in [1.29, 1.82) is 0 Å². The van der Waals surface area contributed by atoms with Crippen LogP contribution < -0.4 is 0 Å². The highest BCUT2D eigenvalue weighted by molar-refractivity contribution is 7.97. The molecule has 0 spiro atoms. The highest BCUT2D eigenvalue weighted by Crippen LogP contribution is 2.26. The highest BCUT2D eigenvalue weighted by Gasteiger charge is 2.29. The van der Waals surface area contributed by atoms with Crippen molar-refractivity contribution in [1.82, 2.24) is 0 Å². The third kappa shape index (κ3) is 10.1. The van der Waals surface area contributed by atoms with Crippen molar-refractivity contribution in [2.45, 2.75) is 77.0 Å². The van der Waals surface area contributed by atoms with E-state index < -0.39 is 10.1 Å². The van der Waals surface area contributed by atoms with Crippen molar-refractivity contribution in [3.8, 4) is 0 Å². The van der Waals surface area contributed by atoms with Gasteiger partial charge in [-0.3, -0.25) is 4.79 Å². The van der Waals surface area contributed by atoms with E-state index in [0.29, 0.717) is 22.6 Å². The first-order chi connectivity index (χ1) is 13.3. The van der Waals surface area contributed by atoms with Gasteiger partial charge in [0.1, 0.15) is 21.6 Å². The van der Waals surface area contributed by atoms with Crippen LogP contribution in [0.5, 0.6) is 0 Å². The quantitative estimate of drug-likeness (QED) is 0.394. The molecule has 1 aliphatic rings. The Bertz CT molecular complexity index is 654. The Labute approximate surface area is 174 Å². The molecule has 1 fully saturated rings. The fourth-order valence-corrected chi connectivity index (χ4v) is 6.21. The van der Waals surface area contributed by atoms with E-state index >= 15 is 0 Å². The first kappa shape index (κ1) is 25.2. The number of carbonyl (C=O) groups is 1. The molecule has 1 aromatic rings. The number of carbonyl (C=O) groups excluding carboxylic acids is 1. The van der Waals surface area contributed by atoms with Gasteiger partial charge < -0.3 is 4.55 Å². The molecule has 4 nitrogen and oxygen atoms in total. The van der Waals surface area contributed by atoms with Crippen LogP contribution in [0.2, 0.25) is 0 Å². The third-order valence-electron chi connectivity index (χ3n) is 5.04. The molecule has 0 amide bonds. The molecule has 2 rings (SSSR count). The fraction of sp³-hybridized carbons (Fsp3) is 0.682. The van der Waals surface area contributed by atoms with Gasteiger partial charge in [0.25, 0.3) is 0 Å². The smallest absolute Gasteiger partial charge is 0.184 e. The molecule has 28 heavy (non-hydrogen) atoms. The number of rotatable bonds is 10. The predicted octanol–water partition coefficient (Wildman–Crippen LogP) is 4.86. The summed E-state index contributed by atoms with van der Waals surface area (Å²) in [6.45, 7) is 6.32. The third-order valence-corrected chi connectivity index (χ3v) is 8.31. The van der Waals surface area contributed by atoms with Crippen molar-refractivity contribution in [3.63, 3.8) is 0 Å². The SMILES string of the molecule is CCCC[S+](CCCC)CC(=O)C1CCCC1.Cc1ccc(S(=O)(=O)[O-])cc1. The molecule has 0 aromatic heterocycles. The number of unbranched alkanes of at least 4 members (excludes halogenated alkanes) is 2. The maximum Gasteiger partial charge on any atom is 0.184 e. The van der Waals surface area contributed by atoms with E-state index in [0.717, 1.165) is 11.3 Å². The van der Waals surface area contributed by atoms with Crippen LogP contribution in [0, 0.1) is 12.8 Å². The van der Waals surface area contributed by atoms with Gasteiger partial charge in [-0.2, -0.15) is 0 Å². The van der Waals surface area contributed by atoms with Crippen molar-refractivity contribution in [3.05, 3.63) is 29.8 Å². The molecule has 1 aromatic carbocycles. The van der Waals surface area contributed by atoms with Crippen molar-refractivity contribution in [2.24, 2.45) is 5.92 Å². The van der Waals surface area contributed by atoms with Crippen LogP contribution in [0.25, 0.3) is 0 Å². The zero-order valence-corrected chi connectivity index (χ0v) is 19.2. The molecule has 0 aliphatic heterocycles. The summed E-state index contributed by atoms with van der Waals surface area (Å²) in [5, 5.41) is 0. The second-order valence-electron chi connectivity index (χ2n) is 7.59. The maximum atomic E-state index is 12.2. The van der Waals surface area contributed by atoms with Crippen LogP contribution in [-0.4, -0.2) is 36.0 Å². The molecule has 0 bridgehead atoms. The normalized spacial score (nSPS) is 14.8. The Morgan fingerprint density at radius 2 is 1.54 bits per heavy atom. The van der Waals surface area contributed by atoms with E-state index in [1.165, 1.54) is 75.0 Å². The number of Topliss-reactive ketones (excluding diaryl/α,β-unsaturated/α-hetero) is 1. The van der Waals surface area contributed by atoms with Crippen LogP contribution in [0.15, 0.2) is 29.2 Å². The second kappa shape index (κ2) is 13.4. The first-order valence-electron chi connectivity index (χ1n) is 10.5. The summed E-state index contributed by atoms with van der Waals surface area (Å²) in [4.78, 5) is 12.0. The molecule has 0 atom stereocenters. The molecule has 0 heterocycles. The number of aryl methyl sites for hydroxylation is 1. The van der Waals surface area contributed by atoms with Crippen LogP contribution in [-0.2, 0) is 25.8 Å². The Morgan fingerprint density at radius 1 is 1.04 bits per heavy atom. The predicted molar refractivity (Wildman–Crippen MR) is 118 cm³/mol. The van der Waals surface area contributed by atoms with E-state index in [1.807, 2.05) is 6.92 Å². The maximum absolute atomic E-state index is 12.2. The Morgan fingerprint density at radius 3 is 1.96 bits per heavy atom. The Hall–Kier alpha value is -0.850. The summed E-state index contributed by atoms with van der Waals surface area (Å²) in [7, 11) is -3.87. The molecular formula is C22H36O4S2. The number of hydrogen-bond acceptors (Lipinski definition) is 4. The topological polar surface area (TPSA) is 74.3 Å². The van der Waals surface area contributed by atoms with Gasteiger partial charge in [-0.15, -0.1) is 0 Å². The summed E-state index contributed by atoms with van der Waals surface area (Å²) in [5.74, 6) is 4.54. The van der Waals surface area contributed by atoms with Gasteiger partial charge in [0, 0.05) is 5.92 Å². The lowest BCUT2D eigenvalue weighted by molar-refractivity contribution is -0.120. The van der Waals surface area contributed by atoms with Gasteiger partial charge in [0.15, 0.2) is 11.5 Å². The molecule has 1 aliphatic carbocycles. The summed E-state index contributed by atoms with van der Waals surface area (Å²) < 4.78 is 31.2. The van der Waals surface area contributed by atoms with Gasteiger partial charge >= 0.3 is 0 Å². The van der Waals surface area contributed by atoms with Gasteiger partial charge in [0.05, 0.1) is 4.90 Å². The lowest BCUT2D eigenvalue weighted by Gasteiger charge is -2.10. The minimum absolute atomic E-state index is 0.178. The molecular weight excluding hydrogens is 392 g/mol. The monoisotopic (exact) mass is 428 g/mol. The fourth-order valence-electron chi connectivity index (χ4n) is 3.22. The second-order valence-corrected chi connectivity index (χ2v) is 11.3. The number of ketones is 1. The Balaban J connectivity index is 0.000000307. The van der Waals surface area contributed by atoms with E-state index in [9.17, 15) is 17.8 Å². The summed E-state index contributed by atoms with van der Waals surface area (Å²) in [5.41, 5.74) is 0.928. The lowest BCUT2D eigenvalue weighted by atomic mass is 10.0. The van der Waals surface area contributed by atoms with Crippen LogP contribution in [0.1, 0.15) is 70.8 Å². The molecule has 6 heteroatoms. The van der Waals surface area contributed by atoms with Gasteiger partial charge in [0.2, 0.25) is 0 Å². The standard InChI is InChI=1S/C15H29OS.C7H8O3S/c1-3-5-11-17(12-6-4-2)13-15(16)14-9-7-8-10-14;1-6-2-4-7(5-3-6)11(8,9)10/h14H,3-13H2,1-2H3;2-5H,1H3,(H,8,9,10)/q+1;/p-1. The highest BCUT2D eigenvalue weighted by atomic mass is 32.2. The van der Waals surface area contributed by atoms with Crippen LogP contribution in [0.3, 0.4) is 0 Å². The molecule has 0 saturated heterocycles. The summed E-state index contributed by atoms with van der Waals surface area (Å²) >= 11 is 0. The van der Waals surface area contributed by atoms with Crippen molar-refractivity contribution < 1.29 is 17.8 Å². The van der Waals surface area contributed by atoms with Gasteiger partial charge in [-0.1, -0.05) is 57.2 Å². The van der Waals surface area contributed by atoms with E-state index in [1.54, 1.807) is 12.1 Å². The molecule has 0 radical (unpaired) electrons. The minimum atomic E-state index is -4.27. The average molecular weight is 429 g/mol. The number of benzene rings is 1. The molecule has 1 saturated carbocycles. The first-order valence-corrected chi connectivity index (χ1v) is 13.6. The van der Waals surface area contributed by atoms with E-state index in [-0.39, 0.29) is 4.90 Å². The van der Waals surface area contributed by atoms with Crippen molar-refractivity contribution >= 4 is 26.8 Å². The van der Waals surface area contributed by atoms with Crippen LogP contribution in [0.4, 0.5) is 0 Å². The molecule has 0 unspecified atom stereocenters. The van der Waals surface area contributed by atoms with E-state index in [2.05, 4.69) is 13.8 Å². The molecule has 0 N–H and O–H groups in total. The average Bonchev–Trinajstić information content (AvgIpc) is 3.19. The van der Waals surface area contributed by atoms with Gasteiger partial charge in [-0.25, -0.2) is 8.42 Å². The summed E-state index contributed by atoms with van der Waals surface area (Å²) in [6, 6.07) is 5.78. The molecule has 160 valence electrons. The van der Waals surface area contributed by atoms with Gasteiger partial charge in [-0.05, 0) is 55.6 Å². The Kier molecular flexibility index (Phi) is 12.0. The lowest BCUT2D eigenvalue weighted by Crippen LogP contribution is -2.26. The van der Waals surface area contributed by atoms with E-state index in [4.69, 9.17) is 0 Å². The summed E-state index contributed by atoms with van der Waals surface area (Å²) in [6.07, 6.45) is 10.1. The largest absolute Gasteiger partial charge is 0.744 e. The minimum Gasteiger partial charge on any atom is -0.744 e. The van der Waals surface area contributed by atoms with Crippen LogP contribution >= 0.6 is 0 Å². The van der Waals surface area contributed by atoms with Crippen molar-refractivity contribution in [2.75, 3.05) is 17.3 Å². The number of hydrogen-bond donors (Lipinski definition) is 0. The zero-order valence-electron chi connectivity index (χ0n) is 17.6.